The number of fused-ring (bicyclic) bond motifs is 1. The molecule has 29 heavy (non-hydrogen) atoms. The Hall–Kier alpha value is -3.61. The summed E-state index contributed by atoms with van der Waals surface area (Å²) in [4.78, 5) is 32.2. The predicted molar refractivity (Wildman–Crippen MR) is 113 cm³/mol. The standard InChI is InChI=1S/C22H22N6O/c1-14-24-13-19(28(14)4)15-5-6-17-12-25-21(26-18(17)9-15)11-20(29)16-7-8-23-22(10-16)27(2)3/h5-10,12-13H,11H2,1-4H3. The average Bonchev–Trinajstić information content (AvgIpc) is 3.06. The smallest absolute Gasteiger partial charge is 0.170 e. The fourth-order valence-corrected chi connectivity index (χ4v) is 3.16. The fourth-order valence-electron chi connectivity index (χ4n) is 3.16. The Morgan fingerprint density at radius 2 is 1.90 bits per heavy atom. The van der Waals surface area contributed by atoms with Crippen LogP contribution in [0.15, 0.2) is 48.9 Å². The molecule has 0 aliphatic rings. The van der Waals surface area contributed by atoms with Crippen LogP contribution in [0.2, 0.25) is 0 Å². The molecule has 4 aromatic rings. The molecule has 3 aromatic heterocycles. The van der Waals surface area contributed by atoms with E-state index in [9.17, 15) is 4.79 Å². The molecule has 7 heteroatoms. The van der Waals surface area contributed by atoms with Crippen molar-refractivity contribution in [3.63, 3.8) is 0 Å². The average molecular weight is 386 g/mol. The monoisotopic (exact) mass is 386 g/mol. The summed E-state index contributed by atoms with van der Waals surface area (Å²) in [6.45, 7) is 1.97. The van der Waals surface area contributed by atoms with Crippen LogP contribution in [-0.4, -0.2) is 44.4 Å². The molecule has 4 rings (SSSR count). The molecule has 146 valence electrons. The van der Waals surface area contributed by atoms with E-state index in [1.165, 1.54) is 0 Å². The van der Waals surface area contributed by atoms with E-state index in [-0.39, 0.29) is 12.2 Å². The van der Waals surface area contributed by atoms with E-state index in [0.29, 0.717) is 11.4 Å². The lowest BCUT2D eigenvalue weighted by atomic mass is 10.1. The van der Waals surface area contributed by atoms with Gasteiger partial charge in [-0.25, -0.2) is 19.9 Å². The number of ketones is 1. The number of Topliss-reactive ketones (excluding diaryl/α,β-unsaturated/α-hetero) is 1. The number of pyridine rings is 1. The van der Waals surface area contributed by atoms with Gasteiger partial charge in [0.2, 0.25) is 0 Å². The second-order valence-electron chi connectivity index (χ2n) is 7.21. The van der Waals surface area contributed by atoms with Crippen molar-refractivity contribution in [3.05, 3.63) is 66.1 Å². The molecule has 0 spiro atoms. The lowest BCUT2D eigenvalue weighted by Gasteiger charge is -2.11. The Morgan fingerprint density at radius 3 is 2.62 bits per heavy atom. The van der Waals surface area contributed by atoms with Gasteiger partial charge in [-0.05, 0) is 25.1 Å². The number of imidazole rings is 1. The van der Waals surface area contributed by atoms with Gasteiger partial charge in [0.05, 0.1) is 23.8 Å². The number of nitrogens with zero attached hydrogens (tertiary/aromatic N) is 6. The molecule has 7 nitrogen and oxygen atoms in total. The molecular formula is C22H22N6O. The highest BCUT2D eigenvalue weighted by Crippen LogP contribution is 2.24. The first-order valence-corrected chi connectivity index (χ1v) is 9.33. The Morgan fingerprint density at radius 1 is 1.07 bits per heavy atom. The van der Waals surface area contributed by atoms with Crippen molar-refractivity contribution >= 4 is 22.5 Å². The van der Waals surface area contributed by atoms with Crippen molar-refractivity contribution in [1.29, 1.82) is 0 Å². The summed E-state index contributed by atoms with van der Waals surface area (Å²) < 4.78 is 2.04. The van der Waals surface area contributed by atoms with E-state index >= 15 is 0 Å². The van der Waals surface area contributed by atoms with Crippen molar-refractivity contribution in [1.82, 2.24) is 24.5 Å². The molecule has 0 bridgehead atoms. The maximum atomic E-state index is 12.7. The molecule has 0 radical (unpaired) electrons. The number of aromatic nitrogens is 5. The third-order valence-electron chi connectivity index (χ3n) is 4.99. The van der Waals surface area contributed by atoms with Gasteiger partial charge in [-0.1, -0.05) is 12.1 Å². The van der Waals surface area contributed by atoms with E-state index in [1.54, 1.807) is 24.5 Å². The van der Waals surface area contributed by atoms with Crippen LogP contribution in [0.25, 0.3) is 22.2 Å². The van der Waals surface area contributed by atoms with Crippen molar-refractivity contribution in [2.75, 3.05) is 19.0 Å². The number of carbonyl (C=O) groups excluding carboxylic acids is 1. The molecule has 0 amide bonds. The Kier molecular flexibility index (Phi) is 4.80. The second-order valence-corrected chi connectivity index (χ2v) is 7.21. The van der Waals surface area contributed by atoms with Crippen LogP contribution in [0.3, 0.4) is 0 Å². The van der Waals surface area contributed by atoms with Crippen LogP contribution < -0.4 is 4.90 Å². The normalized spacial score (nSPS) is 11.0. The molecule has 0 fully saturated rings. The zero-order valence-corrected chi connectivity index (χ0v) is 16.9. The van der Waals surface area contributed by atoms with Gasteiger partial charge < -0.3 is 9.47 Å². The largest absolute Gasteiger partial charge is 0.363 e. The number of rotatable bonds is 5. The summed E-state index contributed by atoms with van der Waals surface area (Å²) in [5.74, 6) is 2.16. The molecule has 0 N–H and O–H groups in total. The molecule has 3 heterocycles. The molecule has 1 aromatic carbocycles. The topological polar surface area (TPSA) is 76.8 Å². The van der Waals surface area contributed by atoms with Crippen LogP contribution in [0.1, 0.15) is 22.0 Å². The van der Waals surface area contributed by atoms with Crippen molar-refractivity contribution in [2.24, 2.45) is 7.05 Å². The maximum Gasteiger partial charge on any atom is 0.170 e. The van der Waals surface area contributed by atoms with Crippen LogP contribution in [0.4, 0.5) is 5.82 Å². The lowest BCUT2D eigenvalue weighted by molar-refractivity contribution is 0.0991. The van der Waals surface area contributed by atoms with E-state index in [4.69, 9.17) is 0 Å². The van der Waals surface area contributed by atoms with E-state index in [2.05, 4.69) is 19.9 Å². The molecule has 0 aliphatic carbocycles. The van der Waals surface area contributed by atoms with Crippen molar-refractivity contribution < 1.29 is 4.79 Å². The minimum Gasteiger partial charge on any atom is -0.363 e. The van der Waals surface area contributed by atoms with Crippen LogP contribution >= 0.6 is 0 Å². The van der Waals surface area contributed by atoms with Gasteiger partial charge in [0.15, 0.2) is 5.78 Å². The van der Waals surface area contributed by atoms with E-state index in [1.807, 2.05) is 61.9 Å². The highest BCUT2D eigenvalue weighted by Gasteiger charge is 2.12. The third kappa shape index (κ3) is 3.71. The predicted octanol–water partition coefficient (Wildman–Crippen LogP) is 3.23. The van der Waals surface area contributed by atoms with E-state index < -0.39 is 0 Å². The first kappa shape index (κ1) is 18.7. The summed E-state index contributed by atoms with van der Waals surface area (Å²) in [6.07, 6.45) is 5.41. The minimum atomic E-state index is -0.0340. The molecule has 0 saturated heterocycles. The summed E-state index contributed by atoms with van der Waals surface area (Å²) in [5, 5.41) is 0.933. The zero-order valence-electron chi connectivity index (χ0n) is 16.9. The number of anilines is 1. The summed E-state index contributed by atoms with van der Waals surface area (Å²) >= 11 is 0. The van der Waals surface area contributed by atoms with E-state index in [0.717, 1.165) is 33.8 Å². The van der Waals surface area contributed by atoms with Gasteiger partial charge in [-0.15, -0.1) is 0 Å². The van der Waals surface area contributed by atoms with Crippen LogP contribution in [-0.2, 0) is 13.5 Å². The summed E-state index contributed by atoms with van der Waals surface area (Å²) in [6, 6.07) is 9.54. The third-order valence-corrected chi connectivity index (χ3v) is 4.99. The van der Waals surface area contributed by atoms with Crippen molar-refractivity contribution in [2.45, 2.75) is 13.3 Å². The number of carbonyl (C=O) groups is 1. The van der Waals surface area contributed by atoms with Gasteiger partial charge >= 0.3 is 0 Å². The first-order chi connectivity index (χ1) is 13.9. The van der Waals surface area contributed by atoms with Gasteiger partial charge in [-0.3, -0.25) is 4.79 Å². The van der Waals surface area contributed by atoms with Gasteiger partial charge in [-0.2, -0.15) is 0 Å². The summed E-state index contributed by atoms with van der Waals surface area (Å²) in [5.41, 5.74) is 3.46. The molecule has 0 saturated carbocycles. The first-order valence-electron chi connectivity index (χ1n) is 9.33. The fraction of sp³-hybridized carbons (Fsp3) is 0.227. The Bertz CT molecular complexity index is 1210. The molecular weight excluding hydrogens is 364 g/mol. The summed E-state index contributed by atoms with van der Waals surface area (Å²) in [7, 11) is 5.78. The van der Waals surface area contributed by atoms with Gasteiger partial charge in [0.1, 0.15) is 17.5 Å². The molecule has 0 atom stereocenters. The number of hydrogen-bond acceptors (Lipinski definition) is 6. The second kappa shape index (κ2) is 7.43. The highest BCUT2D eigenvalue weighted by atomic mass is 16.1. The van der Waals surface area contributed by atoms with Crippen LogP contribution in [0.5, 0.6) is 0 Å². The Labute approximate surface area is 169 Å². The maximum absolute atomic E-state index is 12.7. The SMILES string of the molecule is Cc1ncc(-c2ccc3cnc(CC(=O)c4ccnc(N(C)C)c4)nc3c2)n1C. The zero-order chi connectivity index (χ0) is 20.5. The molecule has 0 unspecified atom stereocenters. The Balaban J connectivity index is 1.63. The molecule has 0 aliphatic heterocycles. The minimum absolute atomic E-state index is 0.0340. The lowest BCUT2D eigenvalue weighted by Crippen LogP contribution is -2.13. The van der Waals surface area contributed by atoms with Gasteiger partial charge in [0.25, 0.3) is 0 Å². The van der Waals surface area contributed by atoms with Gasteiger partial charge in [0, 0.05) is 50.0 Å². The quantitative estimate of drug-likeness (QED) is 0.490. The highest BCUT2D eigenvalue weighted by molar-refractivity contribution is 5.97. The number of aryl methyl sites for hydroxylation is 1. The number of hydrogen-bond donors (Lipinski definition) is 0. The van der Waals surface area contributed by atoms with Crippen molar-refractivity contribution in [3.8, 4) is 11.3 Å². The van der Waals surface area contributed by atoms with Crippen LogP contribution in [0, 0.1) is 6.92 Å². The number of benzene rings is 1.